The zero-order chi connectivity index (χ0) is 17.1. The van der Waals surface area contributed by atoms with Crippen LogP contribution in [0.15, 0.2) is 12.4 Å². The normalized spacial score (nSPS) is 19.8. The Morgan fingerprint density at radius 1 is 1.35 bits per heavy atom. The number of hydrogen-bond acceptors (Lipinski definition) is 4. The molecule has 23 heavy (non-hydrogen) atoms. The van der Waals surface area contributed by atoms with Crippen molar-refractivity contribution in [2.75, 3.05) is 20.1 Å². The first-order valence-corrected chi connectivity index (χ1v) is 8.49. The predicted molar refractivity (Wildman–Crippen MR) is 89.8 cm³/mol. The summed E-state index contributed by atoms with van der Waals surface area (Å²) >= 11 is 0. The highest BCUT2D eigenvalue weighted by atomic mass is 16.3. The van der Waals surface area contributed by atoms with Crippen LogP contribution in [0.2, 0.25) is 0 Å². The number of likely N-dealkylation sites (tertiary alicyclic amines) is 1. The van der Waals surface area contributed by atoms with Gasteiger partial charge in [0.1, 0.15) is 11.9 Å². The number of nitrogens with zero attached hydrogens (tertiary/aromatic N) is 4. The summed E-state index contributed by atoms with van der Waals surface area (Å²) in [5, 5.41) is 10.5. The van der Waals surface area contributed by atoms with E-state index in [0.717, 1.165) is 31.8 Å². The predicted octanol–water partition coefficient (Wildman–Crippen LogP) is 1.42. The molecule has 6 nitrogen and oxygen atoms in total. The molecular formula is C17H30N4O2. The molecule has 2 heterocycles. The fourth-order valence-electron chi connectivity index (χ4n) is 3.20. The summed E-state index contributed by atoms with van der Waals surface area (Å²) < 4.78 is 1.88. The van der Waals surface area contributed by atoms with Gasteiger partial charge in [-0.05, 0) is 52.6 Å². The summed E-state index contributed by atoms with van der Waals surface area (Å²) in [5.74, 6) is 1.10. The summed E-state index contributed by atoms with van der Waals surface area (Å²) in [6.45, 7) is 7.72. The minimum Gasteiger partial charge on any atom is -0.385 e. The third-order valence-electron chi connectivity index (χ3n) is 5.17. The van der Waals surface area contributed by atoms with Crippen LogP contribution in [0.5, 0.6) is 0 Å². The largest absolute Gasteiger partial charge is 0.385 e. The van der Waals surface area contributed by atoms with E-state index in [4.69, 9.17) is 0 Å². The lowest BCUT2D eigenvalue weighted by Crippen LogP contribution is -2.50. The van der Waals surface area contributed by atoms with Crippen LogP contribution >= 0.6 is 0 Å². The second kappa shape index (κ2) is 7.45. The highest BCUT2D eigenvalue weighted by molar-refractivity contribution is 5.81. The van der Waals surface area contributed by atoms with Crippen molar-refractivity contribution < 1.29 is 9.90 Å². The molecule has 1 amide bonds. The summed E-state index contributed by atoms with van der Waals surface area (Å²) in [6.07, 6.45) is 4.82. The Hall–Kier alpha value is -1.40. The van der Waals surface area contributed by atoms with Crippen molar-refractivity contribution in [1.82, 2.24) is 19.4 Å². The zero-order valence-corrected chi connectivity index (χ0v) is 14.9. The molecule has 0 radical (unpaired) electrons. The molecule has 1 aliphatic rings. The Labute approximate surface area is 139 Å². The third kappa shape index (κ3) is 3.93. The van der Waals surface area contributed by atoms with Gasteiger partial charge in [-0.2, -0.15) is 0 Å². The van der Waals surface area contributed by atoms with E-state index >= 15 is 0 Å². The van der Waals surface area contributed by atoms with Crippen molar-refractivity contribution in [2.24, 2.45) is 13.0 Å². The van der Waals surface area contributed by atoms with Gasteiger partial charge in [0.25, 0.3) is 0 Å². The van der Waals surface area contributed by atoms with E-state index in [-0.39, 0.29) is 23.9 Å². The van der Waals surface area contributed by atoms with Crippen LogP contribution in [0, 0.1) is 5.92 Å². The maximum absolute atomic E-state index is 12.5. The van der Waals surface area contributed by atoms with E-state index in [2.05, 4.69) is 9.88 Å². The van der Waals surface area contributed by atoms with Gasteiger partial charge in [-0.15, -0.1) is 0 Å². The van der Waals surface area contributed by atoms with Gasteiger partial charge in [-0.3, -0.25) is 9.69 Å². The topological polar surface area (TPSA) is 61.6 Å². The molecule has 0 aromatic carbocycles. The maximum Gasteiger partial charge on any atom is 0.239 e. The number of aryl methyl sites for hydroxylation is 1. The summed E-state index contributed by atoms with van der Waals surface area (Å²) in [5.41, 5.74) is 0. The molecule has 0 bridgehead atoms. The van der Waals surface area contributed by atoms with Crippen LogP contribution in [-0.4, -0.2) is 62.6 Å². The number of carbonyl (C=O) groups excluding carboxylic acids is 1. The molecule has 0 aliphatic carbocycles. The van der Waals surface area contributed by atoms with Gasteiger partial charge in [0.05, 0.1) is 6.04 Å². The van der Waals surface area contributed by atoms with E-state index in [1.165, 1.54) is 0 Å². The zero-order valence-electron chi connectivity index (χ0n) is 14.9. The van der Waals surface area contributed by atoms with Gasteiger partial charge in [0, 0.05) is 32.5 Å². The van der Waals surface area contributed by atoms with Crippen molar-refractivity contribution in [3.63, 3.8) is 0 Å². The van der Waals surface area contributed by atoms with Gasteiger partial charge < -0.3 is 14.6 Å². The molecule has 1 fully saturated rings. The van der Waals surface area contributed by atoms with Crippen LogP contribution in [-0.2, 0) is 11.8 Å². The molecule has 6 heteroatoms. The number of rotatable bonds is 5. The molecule has 2 unspecified atom stereocenters. The average molecular weight is 322 g/mol. The number of hydrogen-bond donors (Lipinski definition) is 1. The number of carbonyl (C=O) groups is 1. The van der Waals surface area contributed by atoms with Crippen molar-refractivity contribution >= 4 is 5.91 Å². The second-order valence-corrected chi connectivity index (χ2v) is 6.93. The minimum atomic E-state index is -0.526. The molecule has 0 saturated carbocycles. The van der Waals surface area contributed by atoms with Gasteiger partial charge in [0.2, 0.25) is 5.91 Å². The lowest BCUT2D eigenvalue weighted by molar-refractivity contribution is -0.137. The lowest BCUT2D eigenvalue weighted by atomic mass is 9.90. The Morgan fingerprint density at radius 3 is 2.43 bits per heavy atom. The average Bonchev–Trinajstić information content (AvgIpc) is 2.98. The SMILES string of the molecule is CC(C(=O)N(C)C(C)C)N1CCC(C(O)c2nccn2C)CC1. The molecule has 1 N–H and O–H groups in total. The van der Waals surface area contributed by atoms with Crippen molar-refractivity contribution in [3.05, 3.63) is 18.2 Å². The number of piperidine rings is 1. The van der Waals surface area contributed by atoms with Crippen molar-refractivity contribution in [1.29, 1.82) is 0 Å². The van der Waals surface area contributed by atoms with E-state index in [9.17, 15) is 9.90 Å². The van der Waals surface area contributed by atoms with Gasteiger partial charge >= 0.3 is 0 Å². The summed E-state index contributed by atoms with van der Waals surface area (Å²) in [6, 6.07) is 0.112. The number of likely N-dealkylation sites (N-methyl/N-ethyl adjacent to an activating group) is 1. The summed E-state index contributed by atoms with van der Waals surface area (Å²) in [7, 11) is 3.77. The fraction of sp³-hybridized carbons (Fsp3) is 0.765. The highest BCUT2D eigenvalue weighted by Crippen LogP contribution is 2.30. The Kier molecular flexibility index (Phi) is 5.81. The Morgan fingerprint density at radius 2 is 1.96 bits per heavy atom. The van der Waals surface area contributed by atoms with Crippen LogP contribution in [0.25, 0.3) is 0 Å². The standard InChI is InChI=1S/C17H30N4O2/c1-12(2)20(5)17(23)13(3)21-9-6-14(7-10-21)15(22)16-18-8-11-19(16)4/h8,11-15,22H,6-7,9-10H2,1-5H3. The van der Waals surface area contributed by atoms with Crippen molar-refractivity contribution in [2.45, 2.75) is 51.8 Å². The Balaban J connectivity index is 1.91. The first kappa shape index (κ1) is 17.9. The number of amides is 1. The smallest absolute Gasteiger partial charge is 0.239 e. The fourth-order valence-corrected chi connectivity index (χ4v) is 3.20. The van der Waals surface area contributed by atoms with Crippen LogP contribution in [0.4, 0.5) is 0 Å². The van der Waals surface area contributed by atoms with E-state index in [0.29, 0.717) is 0 Å². The number of aliphatic hydroxyl groups is 1. The number of aromatic nitrogens is 2. The lowest BCUT2D eigenvalue weighted by Gasteiger charge is -2.38. The van der Waals surface area contributed by atoms with Crippen LogP contribution < -0.4 is 0 Å². The molecule has 2 atom stereocenters. The van der Waals surface area contributed by atoms with E-state index in [1.54, 1.807) is 11.1 Å². The highest BCUT2D eigenvalue weighted by Gasteiger charge is 2.32. The molecular weight excluding hydrogens is 292 g/mol. The van der Waals surface area contributed by atoms with Gasteiger partial charge in [-0.1, -0.05) is 0 Å². The molecule has 1 saturated heterocycles. The monoisotopic (exact) mass is 322 g/mol. The quantitative estimate of drug-likeness (QED) is 0.891. The van der Waals surface area contributed by atoms with Crippen LogP contribution in [0.1, 0.15) is 45.5 Å². The minimum absolute atomic E-state index is 0.103. The van der Waals surface area contributed by atoms with Gasteiger partial charge in [-0.25, -0.2) is 4.98 Å². The van der Waals surface area contributed by atoms with E-state index in [1.807, 2.05) is 45.6 Å². The molecule has 1 aromatic heterocycles. The number of imidazole rings is 1. The number of aliphatic hydroxyl groups excluding tert-OH is 1. The second-order valence-electron chi connectivity index (χ2n) is 6.93. The van der Waals surface area contributed by atoms with Gasteiger partial charge in [0.15, 0.2) is 0 Å². The molecule has 1 aromatic rings. The first-order chi connectivity index (χ1) is 10.8. The molecule has 130 valence electrons. The molecule has 0 spiro atoms. The maximum atomic E-state index is 12.5. The van der Waals surface area contributed by atoms with Crippen molar-refractivity contribution in [3.8, 4) is 0 Å². The summed E-state index contributed by atoms with van der Waals surface area (Å²) in [4.78, 5) is 20.7. The molecule has 1 aliphatic heterocycles. The third-order valence-corrected chi connectivity index (χ3v) is 5.17. The molecule has 2 rings (SSSR count). The van der Waals surface area contributed by atoms with Crippen LogP contribution in [0.3, 0.4) is 0 Å². The first-order valence-electron chi connectivity index (χ1n) is 8.49. The Bertz CT molecular complexity index is 520. The van der Waals surface area contributed by atoms with E-state index < -0.39 is 6.10 Å².